The number of hydrogen-bond acceptors (Lipinski definition) is 5. The predicted octanol–water partition coefficient (Wildman–Crippen LogP) is 5.97. The van der Waals surface area contributed by atoms with Gasteiger partial charge in [-0.05, 0) is 61.6 Å². The lowest BCUT2D eigenvalue weighted by Gasteiger charge is -2.15. The number of benzene rings is 2. The second kappa shape index (κ2) is 7.11. The normalized spacial score (nSPS) is 17.1. The van der Waals surface area contributed by atoms with Gasteiger partial charge >= 0.3 is 0 Å². The molecule has 0 spiro atoms. The fraction of sp³-hybridized carbons (Fsp3) is 0.240. The Bertz CT molecular complexity index is 1390. The highest BCUT2D eigenvalue weighted by Crippen LogP contribution is 2.47. The molecule has 31 heavy (non-hydrogen) atoms. The molecule has 0 bridgehead atoms. The van der Waals surface area contributed by atoms with Crippen LogP contribution in [0, 0.1) is 11.3 Å². The van der Waals surface area contributed by atoms with Crippen molar-refractivity contribution in [1.29, 1.82) is 5.26 Å². The van der Waals surface area contributed by atoms with E-state index in [0.29, 0.717) is 17.0 Å². The van der Waals surface area contributed by atoms with E-state index in [0.717, 1.165) is 70.5 Å². The quantitative estimate of drug-likeness (QED) is 0.394. The van der Waals surface area contributed by atoms with Gasteiger partial charge in [0.05, 0.1) is 22.8 Å². The minimum atomic E-state index is -0.195. The van der Waals surface area contributed by atoms with Crippen molar-refractivity contribution in [1.82, 2.24) is 10.1 Å². The lowest BCUT2D eigenvalue weighted by molar-refractivity contribution is 0.189. The summed E-state index contributed by atoms with van der Waals surface area (Å²) in [6.45, 7) is 0. The lowest BCUT2D eigenvalue weighted by atomic mass is 9.93. The number of fused-ring (bicyclic) bond motifs is 3. The molecule has 4 aromatic rings. The maximum atomic E-state index is 9.22. The molecule has 6 rings (SSSR count). The van der Waals surface area contributed by atoms with Crippen molar-refractivity contribution >= 4 is 22.5 Å². The molecule has 6 heteroatoms. The van der Waals surface area contributed by atoms with E-state index < -0.39 is 0 Å². The van der Waals surface area contributed by atoms with E-state index in [-0.39, 0.29) is 6.10 Å². The molecule has 5 nitrogen and oxygen atoms in total. The van der Waals surface area contributed by atoms with Gasteiger partial charge in [-0.25, -0.2) is 0 Å². The van der Waals surface area contributed by atoms with Crippen LogP contribution in [0.25, 0.3) is 22.0 Å². The molecule has 1 aliphatic heterocycles. The predicted molar refractivity (Wildman–Crippen MR) is 117 cm³/mol. The Kier molecular flexibility index (Phi) is 4.22. The number of nitrogens with zero attached hydrogens (tertiary/aromatic N) is 3. The Morgan fingerprint density at radius 1 is 1.06 bits per heavy atom. The van der Waals surface area contributed by atoms with E-state index >= 15 is 0 Å². The molecule has 0 amide bonds. The van der Waals surface area contributed by atoms with Crippen LogP contribution in [0.3, 0.4) is 0 Å². The minimum Gasteiger partial charge on any atom is -0.481 e. The van der Waals surface area contributed by atoms with Gasteiger partial charge in [0.1, 0.15) is 5.75 Å². The fourth-order valence-electron chi connectivity index (χ4n) is 4.79. The van der Waals surface area contributed by atoms with Crippen LogP contribution in [-0.2, 0) is 19.3 Å². The lowest BCUT2D eigenvalue weighted by Crippen LogP contribution is -2.08. The van der Waals surface area contributed by atoms with Crippen molar-refractivity contribution in [2.24, 2.45) is 0 Å². The van der Waals surface area contributed by atoms with Crippen molar-refractivity contribution in [3.05, 3.63) is 75.8 Å². The molecule has 0 fully saturated rings. The molecule has 0 radical (unpaired) electrons. The molecular formula is C25H18ClN3O2. The number of rotatable bonds is 2. The summed E-state index contributed by atoms with van der Waals surface area (Å²) >= 11 is 6.52. The number of hydrogen-bond donors (Lipinski definition) is 0. The highest BCUT2D eigenvalue weighted by Gasteiger charge is 2.34. The van der Waals surface area contributed by atoms with Crippen molar-refractivity contribution in [3.63, 3.8) is 0 Å². The Morgan fingerprint density at radius 3 is 2.87 bits per heavy atom. The summed E-state index contributed by atoms with van der Waals surface area (Å²) in [7, 11) is 0. The summed E-state index contributed by atoms with van der Waals surface area (Å²) in [6.07, 6.45) is 6.55. The maximum Gasteiger partial charge on any atom is 0.181 e. The number of aryl methyl sites for hydroxylation is 1. The fourth-order valence-corrected chi connectivity index (χ4v) is 5.03. The van der Waals surface area contributed by atoms with Gasteiger partial charge in [-0.3, -0.25) is 4.98 Å². The number of pyridine rings is 1. The van der Waals surface area contributed by atoms with Gasteiger partial charge < -0.3 is 9.26 Å². The maximum absolute atomic E-state index is 9.22. The van der Waals surface area contributed by atoms with Gasteiger partial charge in [-0.15, -0.1) is 0 Å². The molecule has 1 atom stereocenters. The first-order chi connectivity index (χ1) is 15.2. The Morgan fingerprint density at radius 2 is 1.97 bits per heavy atom. The molecular weight excluding hydrogens is 410 g/mol. The molecule has 0 N–H and O–H groups in total. The second-order valence-electron chi connectivity index (χ2n) is 8.13. The largest absolute Gasteiger partial charge is 0.481 e. The zero-order valence-corrected chi connectivity index (χ0v) is 17.4. The summed E-state index contributed by atoms with van der Waals surface area (Å²) in [5.41, 5.74) is 6.61. The summed E-state index contributed by atoms with van der Waals surface area (Å²) < 4.78 is 12.2. The van der Waals surface area contributed by atoms with Crippen molar-refractivity contribution in [2.45, 2.75) is 38.2 Å². The van der Waals surface area contributed by atoms with Crippen LogP contribution in [0.15, 0.2) is 47.1 Å². The van der Waals surface area contributed by atoms with E-state index in [9.17, 15) is 5.26 Å². The third-order valence-electron chi connectivity index (χ3n) is 6.24. The van der Waals surface area contributed by atoms with Crippen LogP contribution in [0.2, 0.25) is 5.02 Å². The van der Waals surface area contributed by atoms with E-state index in [1.165, 1.54) is 5.56 Å². The number of nitriles is 1. The summed E-state index contributed by atoms with van der Waals surface area (Å²) in [6, 6.07) is 13.6. The highest BCUT2D eigenvalue weighted by atomic mass is 35.5. The smallest absolute Gasteiger partial charge is 0.181 e. The van der Waals surface area contributed by atoms with Crippen LogP contribution < -0.4 is 4.74 Å². The van der Waals surface area contributed by atoms with E-state index in [4.69, 9.17) is 20.9 Å². The van der Waals surface area contributed by atoms with Gasteiger partial charge in [0, 0.05) is 39.7 Å². The first-order valence-corrected chi connectivity index (χ1v) is 10.8. The zero-order chi connectivity index (χ0) is 20.9. The molecule has 2 aromatic heterocycles. The molecule has 0 unspecified atom stereocenters. The summed E-state index contributed by atoms with van der Waals surface area (Å²) in [5, 5.41) is 15.1. The number of aromatic nitrogens is 2. The average molecular weight is 428 g/mol. The Labute approximate surface area is 184 Å². The zero-order valence-electron chi connectivity index (χ0n) is 16.7. The van der Waals surface area contributed by atoms with Crippen LogP contribution >= 0.6 is 11.6 Å². The monoisotopic (exact) mass is 427 g/mol. The average Bonchev–Trinajstić information content (AvgIpc) is 3.41. The number of ether oxygens (including phenoxy) is 1. The van der Waals surface area contributed by atoms with E-state index in [1.54, 1.807) is 12.3 Å². The van der Waals surface area contributed by atoms with Crippen molar-refractivity contribution in [2.75, 3.05) is 0 Å². The van der Waals surface area contributed by atoms with Gasteiger partial charge in [-0.1, -0.05) is 22.8 Å². The highest BCUT2D eigenvalue weighted by molar-refractivity contribution is 6.31. The van der Waals surface area contributed by atoms with Gasteiger partial charge in [0.2, 0.25) is 0 Å². The molecule has 152 valence electrons. The first-order valence-electron chi connectivity index (χ1n) is 10.5. The second-order valence-corrected chi connectivity index (χ2v) is 8.57. The standard InChI is InChI=1S/C25H18ClN3O2/c26-16-10-15-11-23(25-19-3-1-2-4-21(19)29-31-25)30-24(15)20(12-16)17-7-8-28-22-9-14(13-27)5-6-18(17)22/h5-10,12,23H,1-4,11H2/t23-/m1/s1. The third-order valence-corrected chi connectivity index (χ3v) is 6.46. The third kappa shape index (κ3) is 2.98. The van der Waals surface area contributed by atoms with Crippen molar-refractivity contribution < 1.29 is 9.26 Å². The van der Waals surface area contributed by atoms with Crippen molar-refractivity contribution in [3.8, 4) is 22.9 Å². The van der Waals surface area contributed by atoms with Gasteiger partial charge in [0.15, 0.2) is 11.9 Å². The van der Waals surface area contributed by atoms with Crippen LogP contribution in [0.1, 0.15) is 47.1 Å². The van der Waals surface area contributed by atoms with E-state index in [2.05, 4.69) is 16.2 Å². The number of halogens is 1. The van der Waals surface area contributed by atoms with Crippen LogP contribution in [0.5, 0.6) is 5.75 Å². The molecule has 2 aromatic carbocycles. The summed E-state index contributed by atoms with van der Waals surface area (Å²) in [4.78, 5) is 4.45. The molecule has 0 saturated heterocycles. The molecule has 3 heterocycles. The topological polar surface area (TPSA) is 71.9 Å². The SMILES string of the molecule is N#Cc1ccc2c(-c3cc(Cl)cc4c3O[C@@H](c3onc5c3CCCC5)C4)ccnc2c1. The molecule has 1 aliphatic carbocycles. The molecule has 2 aliphatic rings. The molecule has 0 saturated carbocycles. The van der Waals surface area contributed by atoms with Crippen LogP contribution in [0.4, 0.5) is 0 Å². The first kappa shape index (κ1) is 18.4. The summed E-state index contributed by atoms with van der Waals surface area (Å²) in [5.74, 6) is 1.68. The van der Waals surface area contributed by atoms with Gasteiger partial charge in [0.25, 0.3) is 0 Å². The minimum absolute atomic E-state index is 0.195. The van der Waals surface area contributed by atoms with Gasteiger partial charge in [-0.2, -0.15) is 5.26 Å². The van der Waals surface area contributed by atoms with Crippen LogP contribution in [-0.4, -0.2) is 10.1 Å². The Balaban J connectivity index is 1.46. The van der Waals surface area contributed by atoms with E-state index in [1.807, 2.05) is 30.3 Å². The Hall–Kier alpha value is -3.36.